The maximum Gasteiger partial charge on any atom is 0.0292 e. The molecule has 0 heterocycles. The Hall–Kier alpha value is -0.0800. The van der Waals surface area contributed by atoms with Crippen LogP contribution in [0.4, 0.5) is 0 Å². The Bertz CT molecular complexity index is 170. The van der Waals surface area contributed by atoms with Crippen molar-refractivity contribution < 1.29 is 0 Å². The third-order valence-corrected chi connectivity index (χ3v) is 3.23. The maximum atomic E-state index is 6.12. The predicted octanol–water partition coefficient (Wildman–Crippen LogP) is 2.87. The SMILES string of the molecule is CCCC(C)N(C)C(C(C)N)C(C)(C)C. The van der Waals surface area contributed by atoms with E-state index in [0.29, 0.717) is 12.1 Å². The molecule has 2 N–H and O–H groups in total. The van der Waals surface area contributed by atoms with Crippen LogP contribution < -0.4 is 5.73 Å². The second-order valence-corrected chi connectivity index (χ2v) is 5.97. The highest BCUT2D eigenvalue weighted by Gasteiger charge is 2.33. The summed E-state index contributed by atoms with van der Waals surface area (Å²) in [4.78, 5) is 2.45. The highest BCUT2D eigenvalue weighted by Crippen LogP contribution is 2.27. The van der Waals surface area contributed by atoms with E-state index in [-0.39, 0.29) is 11.5 Å². The normalized spacial score (nSPS) is 19.0. The number of hydrogen-bond acceptors (Lipinski definition) is 2. The number of nitrogens with zero attached hydrogens (tertiary/aromatic N) is 1. The zero-order chi connectivity index (χ0) is 12.2. The van der Waals surface area contributed by atoms with Gasteiger partial charge in [-0.2, -0.15) is 0 Å². The molecule has 15 heavy (non-hydrogen) atoms. The lowest BCUT2D eigenvalue weighted by Gasteiger charge is -2.43. The molecule has 0 fully saturated rings. The second-order valence-electron chi connectivity index (χ2n) is 5.97. The lowest BCUT2D eigenvalue weighted by atomic mass is 9.81. The number of hydrogen-bond donors (Lipinski definition) is 1. The first-order valence-electron chi connectivity index (χ1n) is 6.19. The molecule has 0 saturated heterocycles. The molecule has 3 atom stereocenters. The van der Waals surface area contributed by atoms with Crippen LogP contribution in [-0.2, 0) is 0 Å². The van der Waals surface area contributed by atoms with Crippen molar-refractivity contribution >= 4 is 0 Å². The minimum Gasteiger partial charge on any atom is -0.327 e. The van der Waals surface area contributed by atoms with E-state index in [9.17, 15) is 0 Å². The third kappa shape index (κ3) is 4.52. The van der Waals surface area contributed by atoms with Crippen LogP contribution >= 0.6 is 0 Å². The molecule has 0 spiro atoms. The molecule has 0 saturated carbocycles. The quantitative estimate of drug-likeness (QED) is 0.762. The molecule has 92 valence electrons. The van der Waals surface area contributed by atoms with E-state index in [1.165, 1.54) is 12.8 Å². The molecule has 0 aliphatic heterocycles. The minimum atomic E-state index is 0.217. The first-order chi connectivity index (χ1) is 6.71. The van der Waals surface area contributed by atoms with Gasteiger partial charge in [-0.25, -0.2) is 0 Å². The Morgan fingerprint density at radius 1 is 1.20 bits per heavy atom. The van der Waals surface area contributed by atoms with Crippen molar-refractivity contribution in [3.63, 3.8) is 0 Å². The van der Waals surface area contributed by atoms with Crippen LogP contribution in [0.3, 0.4) is 0 Å². The second kappa shape index (κ2) is 5.86. The molecule has 0 aliphatic rings. The monoisotopic (exact) mass is 214 g/mol. The smallest absolute Gasteiger partial charge is 0.0292 e. The van der Waals surface area contributed by atoms with Crippen LogP contribution in [0.5, 0.6) is 0 Å². The third-order valence-electron chi connectivity index (χ3n) is 3.23. The largest absolute Gasteiger partial charge is 0.327 e. The van der Waals surface area contributed by atoms with Gasteiger partial charge in [-0.3, -0.25) is 4.90 Å². The number of likely N-dealkylation sites (N-methyl/N-ethyl adjacent to an activating group) is 1. The zero-order valence-corrected chi connectivity index (χ0v) is 11.7. The molecule has 0 rings (SSSR count). The molecule has 2 nitrogen and oxygen atoms in total. The topological polar surface area (TPSA) is 29.3 Å². The summed E-state index contributed by atoms with van der Waals surface area (Å²) in [6.45, 7) is 13.5. The summed E-state index contributed by atoms with van der Waals surface area (Å²) in [5.74, 6) is 0. The Kier molecular flexibility index (Phi) is 5.82. The van der Waals surface area contributed by atoms with E-state index in [1.807, 2.05) is 0 Å². The fourth-order valence-electron chi connectivity index (χ4n) is 2.67. The van der Waals surface area contributed by atoms with Gasteiger partial charge in [-0.1, -0.05) is 34.1 Å². The van der Waals surface area contributed by atoms with Gasteiger partial charge in [0.25, 0.3) is 0 Å². The van der Waals surface area contributed by atoms with Crippen molar-refractivity contribution in [3.8, 4) is 0 Å². The van der Waals surface area contributed by atoms with Gasteiger partial charge in [0.1, 0.15) is 0 Å². The molecule has 0 bridgehead atoms. The minimum absolute atomic E-state index is 0.217. The lowest BCUT2D eigenvalue weighted by molar-refractivity contribution is 0.0711. The Morgan fingerprint density at radius 2 is 1.67 bits per heavy atom. The van der Waals surface area contributed by atoms with Crippen LogP contribution in [-0.4, -0.2) is 30.1 Å². The van der Waals surface area contributed by atoms with Crippen molar-refractivity contribution in [1.82, 2.24) is 4.90 Å². The van der Waals surface area contributed by atoms with Crippen molar-refractivity contribution in [3.05, 3.63) is 0 Å². The van der Waals surface area contributed by atoms with Gasteiger partial charge in [0.05, 0.1) is 0 Å². The number of nitrogens with two attached hydrogens (primary N) is 1. The van der Waals surface area contributed by atoms with Crippen LogP contribution in [0, 0.1) is 5.41 Å². The molecule has 0 aromatic heterocycles. The van der Waals surface area contributed by atoms with Crippen LogP contribution in [0.25, 0.3) is 0 Å². The summed E-state index contributed by atoms with van der Waals surface area (Å²) in [5, 5.41) is 0. The van der Waals surface area contributed by atoms with E-state index in [1.54, 1.807) is 0 Å². The summed E-state index contributed by atoms with van der Waals surface area (Å²) >= 11 is 0. The van der Waals surface area contributed by atoms with Crippen LogP contribution in [0.2, 0.25) is 0 Å². The average Bonchev–Trinajstić information content (AvgIpc) is 2.00. The molecule has 0 aromatic rings. The Morgan fingerprint density at radius 3 is 1.93 bits per heavy atom. The lowest BCUT2D eigenvalue weighted by Crippen LogP contribution is -2.54. The van der Waals surface area contributed by atoms with Crippen molar-refractivity contribution in [2.45, 2.75) is 72.5 Å². The molecular formula is C13H30N2. The Labute approximate surface area is 96.2 Å². The van der Waals surface area contributed by atoms with E-state index in [0.717, 1.165) is 0 Å². The first-order valence-corrected chi connectivity index (χ1v) is 6.19. The maximum absolute atomic E-state index is 6.12. The molecule has 0 radical (unpaired) electrons. The highest BCUT2D eigenvalue weighted by atomic mass is 15.2. The van der Waals surface area contributed by atoms with Gasteiger partial charge in [-0.15, -0.1) is 0 Å². The average molecular weight is 214 g/mol. The number of rotatable bonds is 5. The fraction of sp³-hybridized carbons (Fsp3) is 1.00. The standard InChI is InChI=1S/C13H30N2/c1-8-9-10(2)15(7)12(11(3)14)13(4,5)6/h10-12H,8-9,14H2,1-7H3. The van der Waals surface area contributed by atoms with E-state index in [4.69, 9.17) is 5.73 Å². The van der Waals surface area contributed by atoms with Gasteiger partial charge < -0.3 is 5.73 Å². The molecule has 0 amide bonds. The predicted molar refractivity (Wildman–Crippen MR) is 69.0 cm³/mol. The fourth-order valence-corrected chi connectivity index (χ4v) is 2.67. The van der Waals surface area contributed by atoms with Gasteiger partial charge in [0.2, 0.25) is 0 Å². The van der Waals surface area contributed by atoms with E-state index in [2.05, 4.69) is 53.5 Å². The van der Waals surface area contributed by atoms with Crippen LogP contribution in [0.1, 0.15) is 54.4 Å². The molecular weight excluding hydrogens is 184 g/mol. The van der Waals surface area contributed by atoms with Gasteiger partial charge in [0, 0.05) is 18.1 Å². The van der Waals surface area contributed by atoms with Crippen molar-refractivity contribution in [1.29, 1.82) is 0 Å². The summed E-state index contributed by atoms with van der Waals surface area (Å²) < 4.78 is 0. The molecule has 0 aliphatic carbocycles. The van der Waals surface area contributed by atoms with E-state index >= 15 is 0 Å². The highest BCUT2D eigenvalue weighted by molar-refractivity contribution is 4.89. The molecule has 3 unspecified atom stereocenters. The van der Waals surface area contributed by atoms with Gasteiger partial charge in [0.15, 0.2) is 0 Å². The van der Waals surface area contributed by atoms with Crippen LogP contribution in [0.15, 0.2) is 0 Å². The summed E-state index contributed by atoms with van der Waals surface area (Å²) in [7, 11) is 2.21. The molecule has 2 heteroatoms. The van der Waals surface area contributed by atoms with Crippen molar-refractivity contribution in [2.75, 3.05) is 7.05 Å². The first kappa shape index (κ1) is 14.9. The van der Waals surface area contributed by atoms with Gasteiger partial charge in [-0.05, 0) is 32.7 Å². The zero-order valence-electron chi connectivity index (χ0n) is 11.7. The van der Waals surface area contributed by atoms with Crippen molar-refractivity contribution in [2.24, 2.45) is 11.1 Å². The summed E-state index contributed by atoms with van der Waals surface area (Å²) in [5.41, 5.74) is 6.36. The van der Waals surface area contributed by atoms with E-state index < -0.39 is 0 Å². The Balaban J connectivity index is 4.63. The summed E-state index contributed by atoms with van der Waals surface area (Å²) in [6.07, 6.45) is 2.48. The van der Waals surface area contributed by atoms with Gasteiger partial charge >= 0.3 is 0 Å². The summed E-state index contributed by atoms with van der Waals surface area (Å²) in [6, 6.07) is 1.28. The molecule has 0 aromatic carbocycles.